The summed E-state index contributed by atoms with van der Waals surface area (Å²) in [5.74, 6) is -2.24. The SMILES string of the molecule is O=C1C(=O)N(c2ccc(C(F)(F)F)cc2)C(c2ccco2)/C1=C(/O)c1ccncc1. The molecule has 4 rings (SSSR count). The van der Waals surface area contributed by atoms with Crippen molar-refractivity contribution in [1.82, 2.24) is 4.98 Å². The number of carbonyl (C=O) groups excluding carboxylic acids is 2. The van der Waals surface area contributed by atoms with E-state index in [0.29, 0.717) is 0 Å². The number of Topliss-reactive ketones (excluding diaryl/α,β-unsaturated/α-hetero) is 1. The Labute approximate surface area is 167 Å². The second-order valence-electron chi connectivity index (χ2n) is 6.47. The van der Waals surface area contributed by atoms with E-state index in [0.717, 1.165) is 29.2 Å². The minimum Gasteiger partial charge on any atom is -0.507 e. The Hall–Kier alpha value is -3.88. The first-order valence-electron chi connectivity index (χ1n) is 8.71. The van der Waals surface area contributed by atoms with Crippen molar-refractivity contribution in [3.63, 3.8) is 0 Å². The highest BCUT2D eigenvalue weighted by molar-refractivity contribution is 6.51. The molecule has 0 saturated carbocycles. The first kappa shape index (κ1) is 19.4. The van der Waals surface area contributed by atoms with Gasteiger partial charge in [-0.2, -0.15) is 13.2 Å². The van der Waals surface area contributed by atoms with E-state index in [1.807, 2.05) is 0 Å². The Morgan fingerprint density at radius 3 is 2.27 bits per heavy atom. The van der Waals surface area contributed by atoms with Crippen LogP contribution in [0.15, 0.2) is 77.2 Å². The van der Waals surface area contributed by atoms with Crippen LogP contribution in [0.2, 0.25) is 0 Å². The lowest BCUT2D eigenvalue weighted by Crippen LogP contribution is -2.29. The maximum Gasteiger partial charge on any atom is 0.416 e. The van der Waals surface area contributed by atoms with E-state index >= 15 is 0 Å². The van der Waals surface area contributed by atoms with Gasteiger partial charge < -0.3 is 9.52 Å². The van der Waals surface area contributed by atoms with Gasteiger partial charge in [0.1, 0.15) is 17.6 Å². The van der Waals surface area contributed by atoms with Gasteiger partial charge in [-0.15, -0.1) is 0 Å². The molecule has 1 amide bonds. The zero-order valence-corrected chi connectivity index (χ0v) is 15.1. The Kier molecular flexibility index (Phi) is 4.65. The molecule has 3 heterocycles. The van der Waals surface area contributed by atoms with Crippen LogP contribution in [-0.2, 0) is 15.8 Å². The van der Waals surface area contributed by atoms with E-state index in [1.165, 1.54) is 42.9 Å². The molecule has 1 atom stereocenters. The van der Waals surface area contributed by atoms with Crippen molar-refractivity contribution in [2.75, 3.05) is 4.90 Å². The number of nitrogens with zero attached hydrogens (tertiary/aromatic N) is 2. The molecule has 1 N–H and O–H groups in total. The molecule has 30 heavy (non-hydrogen) atoms. The first-order chi connectivity index (χ1) is 14.3. The van der Waals surface area contributed by atoms with Crippen LogP contribution in [0.25, 0.3) is 5.76 Å². The van der Waals surface area contributed by atoms with Crippen molar-refractivity contribution < 1.29 is 32.3 Å². The fourth-order valence-electron chi connectivity index (χ4n) is 3.29. The Bertz CT molecular complexity index is 1120. The van der Waals surface area contributed by atoms with Gasteiger partial charge in [-0.05, 0) is 48.5 Å². The third kappa shape index (κ3) is 3.24. The number of anilines is 1. The minimum absolute atomic E-state index is 0.0558. The predicted octanol–water partition coefficient (Wildman–Crippen LogP) is 4.32. The van der Waals surface area contributed by atoms with Crippen molar-refractivity contribution in [2.45, 2.75) is 12.2 Å². The van der Waals surface area contributed by atoms with E-state index in [-0.39, 0.29) is 22.6 Å². The first-order valence-corrected chi connectivity index (χ1v) is 8.71. The van der Waals surface area contributed by atoms with Crippen LogP contribution >= 0.6 is 0 Å². The summed E-state index contributed by atoms with van der Waals surface area (Å²) < 4.78 is 44.1. The largest absolute Gasteiger partial charge is 0.507 e. The molecule has 0 radical (unpaired) electrons. The molecule has 6 nitrogen and oxygen atoms in total. The van der Waals surface area contributed by atoms with Gasteiger partial charge in [0.05, 0.1) is 17.4 Å². The van der Waals surface area contributed by atoms with Crippen molar-refractivity contribution >= 4 is 23.1 Å². The van der Waals surface area contributed by atoms with Gasteiger partial charge in [0.15, 0.2) is 0 Å². The zero-order valence-electron chi connectivity index (χ0n) is 15.1. The maximum absolute atomic E-state index is 12.9. The Morgan fingerprint density at radius 1 is 1.03 bits per heavy atom. The van der Waals surface area contributed by atoms with Crippen LogP contribution in [-0.4, -0.2) is 21.8 Å². The number of hydrogen-bond acceptors (Lipinski definition) is 5. The number of aliphatic hydroxyl groups is 1. The fourth-order valence-corrected chi connectivity index (χ4v) is 3.29. The molecule has 152 valence electrons. The van der Waals surface area contributed by atoms with Crippen LogP contribution in [0.3, 0.4) is 0 Å². The normalized spacial score (nSPS) is 18.8. The molecular weight excluding hydrogens is 401 g/mol. The third-order valence-corrected chi connectivity index (χ3v) is 4.68. The van der Waals surface area contributed by atoms with Crippen molar-refractivity contribution in [3.05, 3.63) is 89.6 Å². The highest BCUT2D eigenvalue weighted by Gasteiger charge is 2.48. The Balaban J connectivity index is 1.87. The monoisotopic (exact) mass is 414 g/mol. The average Bonchev–Trinajstić information content (AvgIpc) is 3.35. The highest BCUT2D eigenvalue weighted by Crippen LogP contribution is 2.42. The molecule has 9 heteroatoms. The molecule has 1 fully saturated rings. The van der Waals surface area contributed by atoms with Crippen LogP contribution in [0.5, 0.6) is 0 Å². The molecule has 1 unspecified atom stereocenters. The number of pyridine rings is 1. The van der Waals surface area contributed by atoms with Gasteiger partial charge in [0, 0.05) is 23.6 Å². The number of aliphatic hydroxyl groups excluding tert-OH is 1. The molecule has 1 aliphatic heterocycles. The lowest BCUT2D eigenvalue weighted by Gasteiger charge is -2.23. The number of rotatable bonds is 3. The average molecular weight is 414 g/mol. The van der Waals surface area contributed by atoms with E-state index < -0.39 is 35.2 Å². The fraction of sp³-hybridized carbons (Fsp3) is 0.0952. The molecule has 1 aromatic carbocycles. The highest BCUT2D eigenvalue weighted by atomic mass is 19.4. The summed E-state index contributed by atoms with van der Waals surface area (Å²) >= 11 is 0. The standard InChI is InChI=1S/C21H13F3N2O4/c22-21(23,24)13-3-5-14(6-4-13)26-17(15-2-1-11-30-15)16(19(28)20(26)29)18(27)12-7-9-25-10-8-12/h1-11,17,27H/b18-16-. The molecule has 0 bridgehead atoms. The molecular formula is C21H13F3N2O4. The molecule has 1 aliphatic rings. The maximum atomic E-state index is 12.9. The predicted molar refractivity (Wildman–Crippen MR) is 99.2 cm³/mol. The zero-order chi connectivity index (χ0) is 21.5. The Morgan fingerprint density at radius 2 is 1.70 bits per heavy atom. The molecule has 1 saturated heterocycles. The summed E-state index contributed by atoms with van der Waals surface area (Å²) in [5, 5.41) is 10.8. The van der Waals surface area contributed by atoms with E-state index in [2.05, 4.69) is 4.98 Å². The summed E-state index contributed by atoms with van der Waals surface area (Å²) in [6.07, 6.45) is -0.408. The number of halogens is 3. The van der Waals surface area contributed by atoms with E-state index in [1.54, 1.807) is 0 Å². The summed E-state index contributed by atoms with van der Waals surface area (Å²) in [6, 6.07) is 8.63. The summed E-state index contributed by atoms with van der Waals surface area (Å²) in [7, 11) is 0. The number of furan rings is 1. The minimum atomic E-state index is -4.55. The molecule has 0 spiro atoms. The summed E-state index contributed by atoms with van der Waals surface area (Å²) in [6.45, 7) is 0. The van der Waals surface area contributed by atoms with Gasteiger partial charge in [-0.3, -0.25) is 19.5 Å². The van der Waals surface area contributed by atoms with Crippen LogP contribution in [0.4, 0.5) is 18.9 Å². The molecule has 0 aliphatic carbocycles. The molecule has 3 aromatic rings. The van der Waals surface area contributed by atoms with Crippen molar-refractivity contribution in [2.24, 2.45) is 0 Å². The number of amides is 1. The lowest BCUT2D eigenvalue weighted by atomic mass is 9.99. The second-order valence-corrected chi connectivity index (χ2v) is 6.47. The summed E-state index contributed by atoms with van der Waals surface area (Å²) in [4.78, 5) is 30.4. The van der Waals surface area contributed by atoms with Crippen LogP contribution in [0, 0.1) is 0 Å². The van der Waals surface area contributed by atoms with Gasteiger partial charge >= 0.3 is 6.18 Å². The number of alkyl halides is 3. The molecule has 2 aromatic heterocycles. The van der Waals surface area contributed by atoms with E-state index in [9.17, 15) is 27.9 Å². The third-order valence-electron chi connectivity index (χ3n) is 4.68. The number of carbonyl (C=O) groups is 2. The van der Waals surface area contributed by atoms with Gasteiger partial charge in [-0.25, -0.2) is 0 Å². The topological polar surface area (TPSA) is 83.6 Å². The number of hydrogen-bond donors (Lipinski definition) is 1. The van der Waals surface area contributed by atoms with Crippen molar-refractivity contribution in [1.29, 1.82) is 0 Å². The van der Waals surface area contributed by atoms with Gasteiger partial charge in [0.25, 0.3) is 11.7 Å². The van der Waals surface area contributed by atoms with Crippen molar-refractivity contribution in [3.8, 4) is 0 Å². The van der Waals surface area contributed by atoms with E-state index in [4.69, 9.17) is 4.42 Å². The number of ketones is 1. The van der Waals surface area contributed by atoms with Crippen LogP contribution < -0.4 is 4.90 Å². The van der Waals surface area contributed by atoms with Gasteiger partial charge in [0.2, 0.25) is 0 Å². The smallest absolute Gasteiger partial charge is 0.416 e. The number of aromatic nitrogens is 1. The van der Waals surface area contributed by atoms with Gasteiger partial charge in [-0.1, -0.05) is 0 Å². The quantitative estimate of drug-likeness (QED) is 0.392. The lowest BCUT2D eigenvalue weighted by molar-refractivity contribution is -0.137. The summed E-state index contributed by atoms with van der Waals surface area (Å²) in [5.41, 5.74) is -0.817. The number of benzene rings is 1. The van der Waals surface area contributed by atoms with Crippen LogP contribution in [0.1, 0.15) is 22.9 Å². The second kappa shape index (κ2) is 7.18.